The summed E-state index contributed by atoms with van der Waals surface area (Å²) in [5, 5.41) is 2.86. The maximum Gasteiger partial charge on any atom is 0.223 e. The van der Waals surface area contributed by atoms with Crippen molar-refractivity contribution in [3.05, 3.63) is 0 Å². The van der Waals surface area contributed by atoms with Gasteiger partial charge in [-0.15, -0.1) is 0 Å². The van der Waals surface area contributed by atoms with Gasteiger partial charge in [-0.3, -0.25) is 4.79 Å². The van der Waals surface area contributed by atoms with Crippen LogP contribution in [0, 0.1) is 5.92 Å². The number of carbonyl (C=O) groups is 1. The van der Waals surface area contributed by atoms with Crippen LogP contribution in [0.3, 0.4) is 0 Å². The highest BCUT2D eigenvalue weighted by Gasteiger charge is 2.25. The van der Waals surface area contributed by atoms with Crippen LogP contribution in [0.4, 0.5) is 0 Å². The zero-order valence-electron chi connectivity index (χ0n) is 7.89. The number of rotatable bonds is 3. The first-order valence-electron chi connectivity index (χ1n) is 4.56. The molecule has 70 valence electrons. The van der Waals surface area contributed by atoms with E-state index >= 15 is 0 Å². The first kappa shape index (κ1) is 9.52. The lowest BCUT2D eigenvalue weighted by molar-refractivity contribution is -0.127. The molecule has 0 aliphatic heterocycles. The van der Waals surface area contributed by atoms with E-state index in [4.69, 9.17) is 5.73 Å². The molecule has 0 heterocycles. The Morgan fingerprint density at radius 3 is 2.50 bits per heavy atom. The number of hydrogen-bond donors (Lipinski definition) is 2. The molecule has 1 aliphatic rings. The molecule has 0 aromatic rings. The summed E-state index contributed by atoms with van der Waals surface area (Å²) >= 11 is 0. The lowest BCUT2D eigenvalue weighted by Crippen LogP contribution is -2.47. The molecule has 0 saturated heterocycles. The van der Waals surface area contributed by atoms with E-state index in [-0.39, 0.29) is 17.4 Å². The van der Waals surface area contributed by atoms with E-state index in [9.17, 15) is 4.79 Å². The van der Waals surface area contributed by atoms with Crippen molar-refractivity contribution in [2.24, 2.45) is 11.7 Å². The van der Waals surface area contributed by atoms with E-state index in [1.54, 1.807) is 0 Å². The van der Waals surface area contributed by atoms with Crippen molar-refractivity contribution >= 4 is 5.91 Å². The van der Waals surface area contributed by atoms with Gasteiger partial charge < -0.3 is 11.1 Å². The summed E-state index contributed by atoms with van der Waals surface area (Å²) in [6, 6.07) is 0. The molecule has 3 heteroatoms. The van der Waals surface area contributed by atoms with Crippen molar-refractivity contribution in [1.29, 1.82) is 0 Å². The van der Waals surface area contributed by atoms with Gasteiger partial charge in [0.2, 0.25) is 5.91 Å². The zero-order chi connectivity index (χ0) is 9.19. The fraction of sp³-hybridized carbons (Fsp3) is 0.889. The minimum absolute atomic E-state index is 0.180. The Kier molecular flexibility index (Phi) is 2.73. The Morgan fingerprint density at radius 1 is 1.58 bits per heavy atom. The molecule has 3 N–H and O–H groups in total. The Labute approximate surface area is 73.7 Å². The standard InChI is InChI=1S/C9H18N2O/c1-9(2,10)6-11-8(12)7-4-3-5-7/h7H,3-6,10H2,1-2H3,(H,11,12). The summed E-state index contributed by atoms with van der Waals surface area (Å²) in [5.41, 5.74) is 5.44. The molecule has 0 aromatic heterocycles. The first-order valence-corrected chi connectivity index (χ1v) is 4.56. The zero-order valence-corrected chi connectivity index (χ0v) is 7.89. The lowest BCUT2D eigenvalue weighted by Gasteiger charge is -2.26. The molecular formula is C9H18N2O. The largest absolute Gasteiger partial charge is 0.354 e. The highest BCUT2D eigenvalue weighted by molar-refractivity contribution is 5.79. The van der Waals surface area contributed by atoms with Crippen LogP contribution in [0.2, 0.25) is 0 Å². The van der Waals surface area contributed by atoms with E-state index in [0.29, 0.717) is 6.54 Å². The Morgan fingerprint density at radius 2 is 2.17 bits per heavy atom. The van der Waals surface area contributed by atoms with Gasteiger partial charge >= 0.3 is 0 Å². The normalized spacial score (nSPS) is 18.6. The van der Waals surface area contributed by atoms with Crippen LogP contribution in [0.25, 0.3) is 0 Å². The number of amides is 1. The van der Waals surface area contributed by atoms with Gasteiger partial charge in [0.25, 0.3) is 0 Å². The fourth-order valence-corrected chi connectivity index (χ4v) is 1.13. The maximum atomic E-state index is 11.3. The number of nitrogens with one attached hydrogen (secondary N) is 1. The van der Waals surface area contributed by atoms with Crippen LogP contribution in [0.1, 0.15) is 33.1 Å². The van der Waals surface area contributed by atoms with Crippen LogP contribution in [-0.2, 0) is 4.79 Å². The molecule has 1 rings (SSSR count). The molecular weight excluding hydrogens is 152 g/mol. The van der Waals surface area contributed by atoms with Crippen molar-refractivity contribution in [2.45, 2.75) is 38.6 Å². The highest BCUT2D eigenvalue weighted by atomic mass is 16.1. The van der Waals surface area contributed by atoms with E-state index in [1.165, 1.54) is 6.42 Å². The second-order valence-corrected chi connectivity index (χ2v) is 4.33. The van der Waals surface area contributed by atoms with Gasteiger partial charge in [-0.2, -0.15) is 0 Å². The van der Waals surface area contributed by atoms with Gasteiger partial charge in [0.1, 0.15) is 0 Å². The van der Waals surface area contributed by atoms with E-state index in [0.717, 1.165) is 12.8 Å². The predicted molar refractivity (Wildman–Crippen MR) is 48.6 cm³/mol. The van der Waals surface area contributed by atoms with Crippen LogP contribution in [0.15, 0.2) is 0 Å². The average molecular weight is 170 g/mol. The summed E-state index contributed by atoms with van der Waals surface area (Å²) in [5.74, 6) is 0.451. The average Bonchev–Trinajstić information content (AvgIpc) is 1.78. The molecule has 12 heavy (non-hydrogen) atoms. The third kappa shape index (κ3) is 2.81. The second kappa shape index (κ2) is 3.44. The smallest absolute Gasteiger partial charge is 0.223 e. The maximum absolute atomic E-state index is 11.3. The predicted octanol–water partition coefficient (Wildman–Crippen LogP) is 0.640. The molecule has 0 aromatic carbocycles. The summed E-state index contributed by atoms with van der Waals surface area (Å²) < 4.78 is 0. The minimum Gasteiger partial charge on any atom is -0.354 e. The van der Waals surface area contributed by atoms with Crippen LogP contribution in [-0.4, -0.2) is 18.0 Å². The van der Waals surface area contributed by atoms with Gasteiger partial charge in [0, 0.05) is 18.0 Å². The van der Waals surface area contributed by atoms with Gasteiger partial charge in [0.05, 0.1) is 0 Å². The summed E-state index contributed by atoms with van der Waals surface area (Å²) in [6.07, 6.45) is 3.30. The molecule has 1 amide bonds. The van der Waals surface area contributed by atoms with Gasteiger partial charge in [0.15, 0.2) is 0 Å². The number of carbonyl (C=O) groups excluding carboxylic acids is 1. The third-order valence-corrected chi connectivity index (χ3v) is 2.19. The number of nitrogens with two attached hydrogens (primary N) is 1. The Hall–Kier alpha value is -0.570. The van der Waals surface area contributed by atoms with Crippen LogP contribution < -0.4 is 11.1 Å². The van der Waals surface area contributed by atoms with E-state index < -0.39 is 0 Å². The van der Waals surface area contributed by atoms with Crippen molar-refractivity contribution in [1.82, 2.24) is 5.32 Å². The lowest BCUT2D eigenvalue weighted by atomic mass is 9.84. The third-order valence-electron chi connectivity index (χ3n) is 2.19. The van der Waals surface area contributed by atoms with E-state index in [1.807, 2.05) is 13.8 Å². The first-order chi connectivity index (χ1) is 5.49. The van der Waals surface area contributed by atoms with Crippen molar-refractivity contribution in [3.8, 4) is 0 Å². The van der Waals surface area contributed by atoms with Crippen molar-refractivity contribution in [3.63, 3.8) is 0 Å². The second-order valence-electron chi connectivity index (χ2n) is 4.33. The molecule has 0 bridgehead atoms. The molecule has 0 atom stereocenters. The van der Waals surface area contributed by atoms with Crippen LogP contribution >= 0.6 is 0 Å². The SMILES string of the molecule is CC(C)(N)CNC(=O)C1CCC1. The summed E-state index contributed by atoms with van der Waals surface area (Å²) in [7, 11) is 0. The molecule has 1 saturated carbocycles. The quantitative estimate of drug-likeness (QED) is 0.653. The van der Waals surface area contributed by atoms with Gasteiger partial charge in [-0.25, -0.2) is 0 Å². The minimum atomic E-state index is -0.292. The van der Waals surface area contributed by atoms with Crippen molar-refractivity contribution in [2.75, 3.05) is 6.54 Å². The Balaban J connectivity index is 2.18. The summed E-state index contributed by atoms with van der Waals surface area (Å²) in [4.78, 5) is 11.3. The van der Waals surface area contributed by atoms with Crippen LogP contribution in [0.5, 0.6) is 0 Å². The molecule has 3 nitrogen and oxygen atoms in total. The summed E-state index contributed by atoms with van der Waals surface area (Å²) in [6.45, 7) is 4.39. The van der Waals surface area contributed by atoms with Gasteiger partial charge in [-0.05, 0) is 26.7 Å². The molecule has 0 unspecified atom stereocenters. The topological polar surface area (TPSA) is 55.1 Å². The monoisotopic (exact) mass is 170 g/mol. The molecule has 0 radical (unpaired) electrons. The van der Waals surface area contributed by atoms with E-state index in [2.05, 4.69) is 5.32 Å². The molecule has 1 fully saturated rings. The highest BCUT2D eigenvalue weighted by Crippen LogP contribution is 2.26. The Bertz CT molecular complexity index is 168. The molecule has 1 aliphatic carbocycles. The van der Waals surface area contributed by atoms with Gasteiger partial charge in [-0.1, -0.05) is 6.42 Å². The molecule has 0 spiro atoms. The fourth-order valence-electron chi connectivity index (χ4n) is 1.13. The van der Waals surface area contributed by atoms with Crippen molar-refractivity contribution < 1.29 is 4.79 Å². The number of hydrogen-bond acceptors (Lipinski definition) is 2.